The second-order valence-corrected chi connectivity index (χ2v) is 10.1. The number of rotatable bonds is 15. The molecule has 11 heteroatoms. The lowest BCUT2D eigenvalue weighted by Gasteiger charge is -2.25. The van der Waals surface area contributed by atoms with Crippen molar-refractivity contribution in [1.29, 1.82) is 0 Å². The summed E-state index contributed by atoms with van der Waals surface area (Å²) in [6.45, 7) is 9.12. The molecule has 2 aromatic carbocycles. The lowest BCUT2D eigenvalue weighted by molar-refractivity contribution is 0.0755. The number of aryl methyl sites for hydroxylation is 2. The number of aromatic nitrogens is 2. The topological polar surface area (TPSA) is 121 Å². The Hall–Kier alpha value is -3.70. The third-order valence-corrected chi connectivity index (χ3v) is 6.48. The lowest BCUT2D eigenvalue weighted by atomic mass is 9.99. The van der Waals surface area contributed by atoms with Crippen molar-refractivity contribution in [2.75, 3.05) is 19.6 Å². The Morgan fingerprint density at radius 1 is 1.00 bits per heavy atom. The van der Waals surface area contributed by atoms with Crippen LogP contribution in [0.1, 0.15) is 77.2 Å². The monoisotopic (exact) mass is 571 g/mol. The summed E-state index contributed by atoms with van der Waals surface area (Å²) in [5.41, 5.74) is 1.64. The summed E-state index contributed by atoms with van der Waals surface area (Å²) >= 11 is 0. The average molecular weight is 572 g/mol. The van der Waals surface area contributed by atoms with Gasteiger partial charge in [0, 0.05) is 43.2 Å². The summed E-state index contributed by atoms with van der Waals surface area (Å²) in [7, 11) is 0. The SMILES string of the molecule is CCCN(CCC)C(=O)c1cc(C)cc(C(=O)N[C@@H](Cc2cc(F)cc(F)c2)[C@H](O)CNCc2nc(CC)no2)c1. The maximum Gasteiger partial charge on any atom is 0.253 e. The summed E-state index contributed by atoms with van der Waals surface area (Å²) < 4.78 is 33.0. The van der Waals surface area contributed by atoms with Gasteiger partial charge < -0.3 is 25.2 Å². The van der Waals surface area contributed by atoms with Crippen LogP contribution in [0.3, 0.4) is 0 Å². The van der Waals surface area contributed by atoms with Gasteiger partial charge >= 0.3 is 0 Å². The van der Waals surface area contributed by atoms with Gasteiger partial charge in [0.2, 0.25) is 5.89 Å². The third-order valence-electron chi connectivity index (χ3n) is 6.48. The Bertz CT molecular complexity index is 1290. The molecule has 3 N–H and O–H groups in total. The molecule has 0 saturated carbocycles. The van der Waals surface area contributed by atoms with Gasteiger partial charge in [-0.25, -0.2) is 8.78 Å². The van der Waals surface area contributed by atoms with E-state index in [1.807, 2.05) is 20.8 Å². The Morgan fingerprint density at radius 2 is 1.66 bits per heavy atom. The van der Waals surface area contributed by atoms with Crippen LogP contribution in [0.25, 0.3) is 0 Å². The molecule has 0 aliphatic rings. The van der Waals surface area contributed by atoms with E-state index in [9.17, 15) is 23.5 Å². The molecule has 0 spiro atoms. The number of hydrogen-bond acceptors (Lipinski definition) is 7. The van der Waals surface area contributed by atoms with Gasteiger partial charge in [0.15, 0.2) is 5.82 Å². The quantitative estimate of drug-likeness (QED) is 0.252. The first-order valence-corrected chi connectivity index (χ1v) is 14.0. The number of hydrogen-bond donors (Lipinski definition) is 3. The number of benzene rings is 2. The summed E-state index contributed by atoms with van der Waals surface area (Å²) in [6, 6.07) is 7.09. The van der Waals surface area contributed by atoms with Crippen molar-refractivity contribution in [3.63, 3.8) is 0 Å². The van der Waals surface area contributed by atoms with Crippen LogP contribution >= 0.6 is 0 Å². The molecule has 222 valence electrons. The highest BCUT2D eigenvalue weighted by Crippen LogP contribution is 2.16. The van der Waals surface area contributed by atoms with E-state index in [1.165, 1.54) is 6.07 Å². The van der Waals surface area contributed by atoms with Crippen molar-refractivity contribution in [2.24, 2.45) is 0 Å². The molecule has 0 fully saturated rings. The smallest absolute Gasteiger partial charge is 0.253 e. The molecule has 0 aliphatic heterocycles. The number of halogens is 2. The maximum atomic E-state index is 13.9. The Kier molecular flexibility index (Phi) is 11.9. The van der Waals surface area contributed by atoms with Crippen LogP contribution in [0.4, 0.5) is 8.78 Å². The molecule has 41 heavy (non-hydrogen) atoms. The molecule has 9 nitrogen and oxygen atoms in total. The predicted molar refractivity (Wildman–Crippen MR) is 150 cm³/mol. The van der Waals surface area contributed by atoms with Gasteiger partial charge in [-0.15, -0.1) is 0 Å². The Labute approximate surface area is 239 Å². The van der Waals surface area contributed by atoms with Crippen molar-refractivity contribution >= 4 is 11.8 Å². The Balaban J connectivity index is 1.79. The predicted octanol–water partition coefficient (Wildman–Crippen LogP) is 3.97. The van der Waals surface area contributed by atoms with Gasteiger partial charge in [-0.3, -0.25) is 9.59 Å². The van der Waals surface area contributed by atoms with Crippen molar-refractivity contribution in [3.05, 3.63) is 82.0 Å². The van der Waals surface area contributed by atoms with Crippen LogP contribution in [0.15, 0.2) is 40.9 Å². The van der Waals surface area contributed by atoms with E-state index < -0.39 is 29.7 Å². The molecule has 2 atom stereocenters. The van der Waals surface area contributed by atoms with Crippen molar-refractivity contribution in [1.82, 2.24) is 25.7 Å². The van der Waals surface area contributed by atoms with Gasteiger partial charge in [0.25, 0.3) is 11.8 Å². The highest BCUT2D eigenvalue weighted by atomic mass is 19.1. The molecular formula is C30H39F2N5O4. The largest absolute Gasteiger partial charge is 0.390 e. The molecular weight excluding hydrogens is 532 g/mol. The van der Waals surface area contributed by atoms with Crippen LogP contribution in [-0.4, -0.2) is 63.7 Å². The minimum Gasteiger partial charge on any atom is -0.390 e. The van der Waals surface area contributed by atoms with E-state index in [-0.39, 0.29) is 36.5 Å². The average Bonchev–Trinajstić information content (AvgIpc) is 3.39. The van der Waals surface area contributed by atoms with E-state index in [0.717, 1.165) is 36.6 Å². The molecule has 0 saturated heterocycles. The van der Waals surface area contributed by atoms with Crippen molar-refractivity contribution < 1.29 is 28.0 Å². The molecule has 3 aromatic rings. The standard InChI is InChI=1S/C30H39F2N5O4/c1-5-8-37(9-6-2)30(40)22-11-19(4)10-21(15-22)29(39)34-25(14-20-12-23(31)16-24(32)13-20)26(38)17-33-18-28-35-27(7-3)36-41-28/h10-13,15-16,25-26,33,38H,5-9,14,17-18H2,1-4H3,(H,34,39)/t25-,26+/m0/s1. The second-order valence-electron chi connectivity index (χ2n) is 10.1. The third kappa shape index (κ3) is 9.43. The molecule has 0 unspecified atom stereocenters. The van der Waals surface area contributed by atoms with E-state index in [0.29, 0.717) is 36.8 Å². The second kappa shape index (κ2) is 15.3. The summed E-state index contributed by atoms with van der Waals surface area (Å²) in [5.74, 6) is -1.29. The van der Waals surface area contributed by atoms with Crippen LogP contribution < -0.4 is 10.6 Å². The van der Waals surface area contributed by atoms with E-state index in [4.69, 9.17) is 4.52 Å². The summed E-state index contributed by atoms with van der Waals surface area (Å²) in [4.78, 5) is 32.6. The van der Waals surface area contributed by atoms with Gasteiger partial charge in [-0.1, -0.05) is 25.9 Å². The van der Waals surface area contributed by atoms with Gasteiger partial charge in [0.05, 0.1) is 18.7 Å². The summed E-state index contributed by atoms with van der Waals surface area (Å²) in [5, 5.41) is 20.7. The van der Waals surface area contributed by atoms with Gasteiger partial charge in [0.1, 0.15) is 11.6 Å². The molecule has 0 bridgehead atoms. The number of carbonyl (C=O) groups excluding carboxylic acids is 2. The molecule has 1 heterocycles. The first-order valence-electron chi connectivity index (χ1n) is 14.0. The molecule has 0 radical (unpaired) electrons. The zero-order chi connectivity index (χ0) is 29.9. The number of nitrogens with one attached hydrogen (secondary N) is 2. The maximum absolute atomic E-state index is 13.9. The van der Waals surface area contributed by atoms with Gasteiger partial charge in [-0.05, 0) is 67.6 Å². The molecule has 2 amide bonds. The molecule has 3 rings (SSSR count). The van der Waals surface area contributed by atoms with E-state index in [2.05, 4.69) is 20.8 Å². The number of nitrogens with zero attached hydrogens (tertiary/aromatic N) is 3. The van der Waals surface area contributed by atoms with Crippen LogP contribution in [0.2, 0.25) is 0 Å². The fraction of sp³-hybridized carbons (Fsp3) is 0.467. The number of amides is 2. The first-order chi connectivity index (χ1) is 19.6. The highest BCUT2D eigenvalue weighted by Gasteiger charge is 2.24. The number of carbonyl (C=O) groups is 2. The highest BCUT2D eigenvalue weighted by molar-refractivity contribution is 6.00. The van der Waals surface area contributed by atoms with E-state index in [1.54, 1.807) is 24.0 Å². The molecule has 1 aromatic heterocycles. The van der Waals surface area contributed by atoms with Crippen molar-refractivity contribution in [2.45, 2.75) is 72.1 Å². The lowest BCUT2D eigenvalue weighted by Crippen LogP contribution is -2.48. The fourth-order valence-electron chi connectivity index (χ4n) is 4.57. The van der Waals surface area contributed by atoms with Gasteiger partial charge in [-0.2, -0.15) is 4.98 Å². The van der Waals surface area contributed by atoms with Crippen LogP contribution in [0, 0.1) is 18.6 Å². The normalized spacial score (nSPS) is 12.7. The summed E-state index contributed by atoms with van der Waals surface area (Å²) in [6.07, 6.45) is 1.06. The molecule has 0 aliphatic carbocycles. The minimum absolute atomic E-state index is 0.0210. The minimum atomic E-state index is -1.14. The number of aliphatic hydroxyl groups excluding tert-OH is 1. The Morgan fingerprint density at radius 3 is 2.27 bits per heavy atom. The van der Waals surface area contributed by atoms with Crippen molar-refractivity contribution in [3.8, 4) is 0 Å². The fourth-order valence-corrected chi connectivity index (χ4v) is 4.57. The van der Waals surface area contributed by atoms with Crippen LogP contribution in [-0.2, 0) is 19.4 Å². The zero-order valence-corrected chi connectivity index (χ0v) is 24.0. The number of aliphatic hydroxyl groups is 1. The van der Waals surface area contributed by atoms with Crippen LogP contribution in [0.5, 0.6) is 0 Å². The zero-order valence-electron chi connectivity index (χ0n) is 24.0. The van der Waals surface area contributed by atoms with E-state index >= 15 is 0 Å². The first kappa shape index (κ1) is 31.8.